The Morgan fingerprint density at radius 2 is 1.90 bits per heavy atom. The van der Waals surface area contributed by atoms with Crippen LogP contribution < -0.4 is 14.8 Å². The first-order valence-electron chi connectivity index (χ1n) is 6.55. The van der Waals surface area contributed by atoms with E-state index in [1.165, 1.54) is 12.1 Å². The molecule has 108 valence electrons. The van der Waals surface area contributed by atoms with Gasteiger partial charge in [-0.05, 0) is 11.6 Å². The minimum absolute atomic E-state index is 0.102. The van der Waals surface area contributed by atoms with Crippen LogP contribution in [0.2, 0.25) is 0 Å². The van der Waals surface area contributed by atoms with Crippen LogP contribution in [0.1, 0.15) is 11.1 Å². The number of hydrogen-bond acceptors (Lipinski definition) is 5. The van der Waals surface area contributed by atoms with Gasteiger partial charge in [0.1, 0.15) is 0 Å². The van der Waals surface area contributed by atoms with Gasteiger partial charge in [0.2, 0.25) is 6.79 Å². The van der Waals surface area contributed by atoms with Gasteiger partial charge < -0.3 is 14.8 Å². The van der Waals surface area contributed by atoms with Gasteiger partial charge in [0.15, 0.2) is 11.5 Å². The van der Waals surface area contributed by atoms with Crippen LogP contribution >= 0.6 is 0 Å². The summed E-state index contributed by atoms with van der Waals surface area (Å²) in [5, 5.41) is 13.9. The summed E-state index contributed by atoms with van der Waals surface area (Å²) in [6, 6.07) is 12.3. The van der Waals surface area contributed by atoms with E-state index in [0.717, 1.165) is 22.6 Å². The lowest BCUT2D eigenvalue weighted by Crippen LogP contribution is -2.13. The number of nitrogens with one attached hydrogen (secondary N) is 1. The molecule has 0 bridgehead atoms. The SMILES string of the molecule is O=[N+]([O-])c1ccc(CNCc2cccc3c2OCO3)cc1. The molecule has 2 aromatic rings. The quantitative estimate of drug-likeness (QED) is 0.675. The number of ether oxygens (including phenoxy) is 2. The zero-order chi connectivity index (χ0) is 14.7. The zero-order valence-corrected chi connectivity index (χ0v) is 11.2. The third-order valence-electron chi connectivity index (χ3n) is 3.27. The normalized spacial score (nSPS) is 12.4. The number of hydrogen-bond donors (Lipinski definition) is 1. The Balaban J connectivity index is 1.59. The van der Waals surface area contributed by atoms with E-state index in [4.69, 9.17) is 9.47 Å². The first-order valence-corrected chi connectivity index (χ1v) is 6.55. The molecule has 2 aromatic carbocycles. The Morgan fingerprint density at radius 3 is 2.67 bits per heavy atom. The second kappa shape index (κ2) is 5.80. The molecule has 21 heavy (non-hydrogen) atoms. The molecule has 0 saturated carbocycles. The smallest absolute Gasteiger partial charge is 0.269 e. The predicted molar refractivity (Wildman–Crippen MR) is 76.2 cm³/mol. The van der Waals surface area contributed by atoms with Gasteiger partial charge in [-0.25, -0.2) is 0 Å². The maximum Gasteiger partial charge on any atom is 0.269 e. The van der Waals surface area contributed by atoms with Crippen molar-refractivity contribution in [3.05, 3.63) is 63.7 Å². The van der Waals surface area contributed by atoms with Gasteiger partial charge in [0, 0.05) is 30.8 Å². The molecular weight excluding hydrogens is 272 g/mol. The van der Waals surface area contributed by atoms with Gasteiger partial charge in [-0.1, -0.05) is 24.3 Å². The van der Waals surface area contributed by atoms with E-state index in [-0.39, 0.29) is 12.5 Å². The molecule has 0 amide bonds. The van der Waals surface area contributed by atoms with E-state index in [0.29, 0.717) is 13.1 Å². The van der Waals surface area contributed by atoms with Crippen LogP contribution in [0.5, 0.6) is 11.5 Å². The fourth-order valence-corrected chi connectivity index (χ4v) is 2.21. The van der Waals surface area contributed by atoms with Crippen molar-refractivity contribution in [2.75, 3.05) is 6.79 Å². The van der Waals surface area contributed by atoms with Crippen LogP contribution in [0.4, 0.5) is 5.69 Å². The minimum atomic E-state index is -0.401. The molecule has 0 aromatic heterocycles. The van der Waals surface area contributed by atoms with Crippen molar-refractivity contribution in [2.24, 2.45) is 0 Å². The summed E-state index contributed by atoms with van der Waals surface area (Å²) in [5.74, 6) is 1.55. The number of nitro groups is 1. The molecule has 0 radical (unpaired) electrons. The predicted octanol–water partition coefficient (Wildman–Crippen LogP) is 2.61. The molecule has 0 saturated heterocycles. The van der Waals surface area contributed by atoms with Crippen LogP contribution in [-0.2, 0) is 13.1 Å². The third-order valence-corrected chi connectivity index (χ3v) is 3.27. The molecule has 0 atom stereocenters. The molecule has 1 aliphatic rings. The highest BCUT2D eigenvalue weighted by molar-refractivity contribution is 5.48. The average molecular weight is 286 g/mol. The second-order valence-corrected chi connectivity index (χ2v) is 4.68. The monoisotopic (exact) mass is 286 g/mol. The molecule has 3 rings (SSSR count). The van der Waals surface area contributed by atoms with Crippen molar-refractivity contribution in [1.29, 1.82) is 0 Å². The lowest BCUT2D eigenvalue weighted by Gasteiger charge is -2.07. The van der Waals surface area contributed by atoms with Crippen LogP contribution in [0.25, 0.3) is 0 Å². The van der Waals surface area contributed by atoms with Crippen LogP contribution in [-0.4, -0.2) is 11.7 Å². The van der Waals surface area contributed by atoms with Gasteiger partial charge in [0.05, 0.1) is 4.92 Å². The fraction of sp³-hybridized carbons (Fsp3) is 0.200. The Kier molecular flexibility index (Phi) is 3.70. The van der Waals surface area contributed by atoms with Crippen molar-refractivity contribution in [3.63, 3.8) is 0 Å². The van der Waals surface area contributed by atoms with Crippen LogP contribution in [0, 0.1) is 10.1 Å². The van der Waals surface area contributed by atoms with Crippen molar-refractivity contribution >= 4 is 5.69 Å². The Hall–Kier alpha value is -2.60. The number of rotatable bonds is 5. The van der Waals surface area contributed by atoms with Gasteiger partial charge in [-0.15, -0.1) is 0 Å². The minimum Gasteiger partial charge on any atom is -0.454 e. The number of para-hydroxylation sites is 1. The van der Waals surface area contributed by atoms with Crippen molar-refractivity contribution in [2.45, 2.75) is 13.1 Å². The van der Waals surface area contributed by atoms with E-state index >= 15 is 0 Å². The number of nitrogens with zero attached hydrogens (tertiary/aromatic N) is 1. The fourth-order valence-electron chi connectivity index (χ4n) is 2.21. The molecule has 6 nitrogen and oxygen atoms in total. The maximum atomic E-state index is 10.6. The van der Waals surface area contributed by atoms with Gasteiger partial charge in [0.25, 0.3) is 5.69 Å². The summed E-state index contributed by atoms with van der Waals surface area (Å²) in [6.45, 7) is 1.53. The number of benzene rings is 2. The zero-order valence-electron chi connectivity index (χ0n) is 11.2. The third kappa shape index (κ3) is 2.95. The molecular formula is C15H14N2O4. The Labute approximate surface area is 121 Å². The standard InChI is InChI=1S/C15H14N2O4/c18-17(19)13-6-4-11(5-7-13)8-16-9-12-2-1-3-14-15(12)21-10-20-14/h1-7,16H,8-10H2. The number of fused-ring (bicyclic) bond motifs is 1. The molecule has 6 heteroatoms. The van der Waals surface area contributed by atoms with Crippen molar-refractivity contribution < 1.29 is 14.4 Å². The summed E-state index contributed by atoms with van der Waals surface area (Å²) in [7, 11) is 0. The summed E-state index contributed by atoms with van der Waals surface area (Å²) in [4.78, 5) is 10.2. The molecule has 0 spiro atoms. The summed E-state index contributed by atoms with van der Waals surface area (Å²) in [6.07, 6.45) is 0. The molecule has 1 aliphatic heterocycles. The lowest BCUT2D eigenvalue weighted by atomic mass is 10.1. The van der Waals surface area contributed by atoms with Crippen LogP contribution in [0.15, 0.2) is 42.5 Å². The number of nitro benzene ring substituents is 1. The van der Waals surface area contributed by atoms with Gasteiger partial charge >= 0.3 is 0 Å². The van der Waals surface area contributed by atoms with E-state index in [1.807, 2.05) is 18.2 Å². The molecule has 0 aliphatic carbocycles. The number of non-ortho nitro benzene ring substituents is 1. The molecule has 0 fully saturated rings. The highest BCUT2D eigenvalue weighted by Gasteiger charge is 2.16. The van der Waals surface area contributed by atoms with Crippen molar-refractivity contribution in [1.82, 2.24) is 5.32 Å². The Morgan fingerprint density at radius 1 is 1.10 bits per heavy atom. The topological polar surface area (TPSA) is 73.6 Å². The summed E-state index contributed by atoms with van der Waals surface area (Å²) < 4.78 is 10.8. The highest BCUT2D eigenvalue weighted by atomic mass is 16.7. The highest BCUT2D eigenvalue weighted by Crippen LogP contribution is 2.35. The largest absolute Gasteiger partial charge is 0.454 e. The second-order valence-electron chi connectivity index (χ2n) is 4.68. The summed E-state index contributed by atoms with van der Waals surface area (Å²) in [5.41, 5.74) is 2.13. The van der Waals surface area contributed by atoms with E-state index < -0.39 is 4.92 Å². The van der Waals surface area contributed by atoms with Crippen LogP contribution in [0.3, 0.4) is 0 Å². The summed E-state index contributed by atoms with van der Waals surface area (Å²) >= 11 is 0. The Bertz CT molecular complexity index is 655. The molecule has 1 N–H and O–H groups in total. The molecule has 1 heterocycles. The maximum absolute atomic E-state index is 10.6. The van der Waals surface area contributed by atoms with E-state index in [2.05, 4.69) is 5.32 Å². The average Bonchev–Trinajstić information content (AvgIpc) is 2.97. The van der Waals surface area contributed by atoms with Gasteiger partial charge in [-0.2, -0.15) is 0 Å². The first kappa shape index (κ1) is 13.4. The van der Waals surface area contributed by atoms with E-state index in [9.17, 15) is 10.1 Å². The lowest BCUT2D eigenvalue weighted by molar-refractivity contribution is -0.384. The first-order chi connectivity index (χ1) is 10.2. The van der Waals surface area contributed by atoms with Crippen molar-refractivity contribution in [3.8, 4) is 11.5 Å². The molecule has 0 unspecified atom stereocenters. The van der Waals surface area contributed by atoms with Gasteiger partial charge in [-0.3, -0.25) is 10.1 Å². The van der Waals surface area contributed by atoms with E-state index in [1.54, 1.807) is 12.1 Å².